The van der Waals surface area contributed by atoms with E-state index in [-0.39, 0.29) is 29.6 Å². The van der Waals surface area contributed by atoms with E-state index in [0.29, 0.717) is 24.5 Å². The minimum atomic E-state index is -3.82. The van der Waals surface area contributed by atoms with Crippen LogP contribution in [0, 0.1) is 0 Å². The van der Waals surface area contributed by atoms with Crippen LogP contribution in [0.15, 0.2) is 77.7 Å². The molecule has 0 unspecified atom stereocenters. The van der Waals surface area contributed by atoms with E-state index in [9.17, 15) is 13.2 Å². The number of hydrogen-bond acceptors (Lipinski definition) is 6. The molecule has 3 aromatic carbocycles. The highest BCUT2D eigenvalue weighted by atomic mass is 32.2. The van der Waals surface area contributed by atoms with Gasteiger partial charge in [-0.1, -0.05) is 30.3 Å². The molecule has 1 fully saturated rings. The van der Waals surface area contributed by atoms with Crippen molar-refractivity contribution in [1.82, 2.24) is 4.31 Å². The SMILES string of the molecule is COc1ccc(NC(=O)c2ccccc2N(C)c2ccccc2)cc1S(=O)(=O)N1CCOCC1. The lowest BCUT2D eigenvalue weighted by molar-refractivity contribution is 0.0729. The monoisotopic (exact) mass is 481 g/mol. The Bertz CT molecular complexity index is 1260. The van der Waals surface area contributed by atoms with Crippen molar-refractivity contribution in [3.8, 4) is 5.75 Å². The van der Waals surface area contributed by atoms with Crippen molar-refractivity contribution >= 4 is 33.0 Å². The maximum Gasteiger partial charge on any atom is 0.257 e. The number of carbonyl (C=O) groups excluding carboxylic acids is 1. The molecule has 0 spiro atoms. The number of hydrogen-bond donors (Lipinski definition) is 1. The van der Waals surface area contributed by atoms with E-state index in [0.717, 1.165) is 11.4 Å². The molecule has 178 valence electrons. The Hall–Kier alpha value is -3.40. The average Bonchev–Trinajstić information content (AvgIpc) is 2.89. The van der Waals surface area contributed by atoms with Crippen LogP contribution in [0.3, 0.4) is 0 Å². The zero-order chi connectivity index (χ0) is 24.1. The minimum absolute atomic E-state index is 0.00406. The predicted molar refractivity (Wildman–Crippen MR) is 131 cm³/mol. The van der Waals surface area contributed by atoms with Crippen molar-refractivity contribution in [3.05, 3.63) is 78.4 Å². The fraction of sp³-hybridized carbons (Fsp3) is 0.240. The van der Waals surface area contributed by atoms with E-state index in [1.807, 2.05) is 54.4 Å². The summed E-state index contributed by atoms with van der Waals surface area (Å²) in [6.45, 7) is 1.20. The quantitative estimate of drug-likeness (QED) is 0.553. The topological polar surface area (TPSA) is 88.2 Å². The summed E-state index contributed by atoms with van der Waals surface area (Å²) in [4.78, 5) is 15.2. The number of ether oxygens (including phenoxy) is 2. The first-order chi connectivity index (χ1) is 16.4. The van der Waals surface area contributed by atoms with Gasteiger partial charge in [0.15, 0.2) is 0 Å². The van der Waals surface area contributed by atoms with Crippen LogP contribution in [0.5, 0.6) is 5.75 Å². The summed E-state index contributed by atoms with van der Waals surface area (Å²) < 4.78 is 38.4. The summed E-state index contributed by atoms with van der Waals surface area (Å²) in [6, 6.07) is 21.6. The number of rotatable bonds is 7. The second-order valence-electron chi connectivity index (χ2n) is 7.75. The summed E-state index contributed by atoms with van der Waals surface area (Å²) >= 11 is 0. The van der Waals surface area contributed by atoms with E-state index in [1.165, 1.54) is 17.5 Å². The average molecular weight is 482 g/mol. The van der Waals surface area contributed by atoms with Crippen molar-refractivity contribution in [1.29, 1.82) is 0 Å². The van der Waals surface area contributed by atoms with E-state index < -0.39 is 10.0 Å². The second kappa shape index (κ2) is 10.3. The molecule has 1 aliphatic heterocycles. The maximum atomic E-state index is 13.2. The van der Waals surface area contributed by atoms with Crippen LogP contribution < -0.4 is 15.0 Å². The van der Waals surface area contributed by atoms with Crippen molar-refractivity contribution in [2.45, 2.75) is 4.90 Å². The number of nitrogens with one attached hydrogen (secondary N) is 1. The summed E-state index contributed by atoms with van der Waals surface area (Å²) in [6.07, 6.45) is 0. The number of morpholine rings is 1. The molecule has 4 rings (SSSR count). The number of carbonyl (C=O) groups is 1. The smallest absolute Gasteiger partial charge is 0.257 e. The molecule has 0 aliphatic carbocycles. The number of para-hydroxylation sites is 2. The van der Waals surface area contributed by atoms with Crippen LogP contribution in [0.25, 0.3) is 0 Å². The van der Waals surface area contributed by atoms with Gasteiger partial charge < -0.3 is 19.7 Å². The molecule has 0 radical (unpaired) electrons. The van der Waals surface area contributed by atoms with Gasteiger partial charge >= 0.3 is 0 Å². The number of benzene rings is 3. The highest BCUT2D eigenvalue weighted by Crippen LogP contribution is 2.31. The molecule has 8 nitrogen and oxygen atoms in total. The lowest BCUT2D eigenvalue weighted by Gasteiger charge is -2.27. The first kappa shape index (κ1) is 23.7. The van der Waals surface area contributed by atoms with Crippen LogP contribution in [0.2, 0.25) is 0 Å². The number of nitrogens with zero attached hydrogens (tertiary/aromatic N) is 2. The first-order valence-corrected chi connectivity index (χ1v) is 12.3. The molecule has 0 saturated carbocycles. The maximum absolute atomic E-state index is 13.2. The van der Waals surface area contributed by atoms with Gasteiger partial charge in [-0.3, -0.25) is 4.79 Å². The van der Waals surface area contributed by atoms with Crippen LogP contribution in [0.1, 0.15) is 10.4 Å². The standard InChI is InChI=1S/C25H27N3O5S/c1-27(20-8-4-3-5-9-20)22-11-7-6-10-21(22)25(29)26-19-12-13-23(32-2)24(18-19)34(30,31)28-14-16-33-17-15-28/h3-13,18H,14-17H2,1-2H3,(H,26,29). The molecule has 3 aromatic rings. The molecule has 1 N–H and O–H groups in total. The number of sulfonamides is 1. The van der Waals surface area contributed by atoms with Gasteiger partial charge in [0, 0.05) is 31.5 Å². The molecule has 1 saturated heterocycles. The number of amides is 1. The molecule has 1 aliphatic rings. The van der Waals surface area contributed by atoms with Gasteiger partial charge in [-0.05, 0) is 42.5 Å². The zero-order valence-corrected chi connectivity index (χ0v) is 19.9. The first-order valence-electron chi connectivity index (χ1n) is 10.9. The van der Waals surface area contributed by atoms with Crippen LogP contribution in [-0.4, -0.2) is 59.1 Å². The van der Waals surface area contributed by atoms with Crippen LogP contribution in [0.4, 0.5) is 17.1 Å². The van der Waals surface area contributed by atoms with Crippen LogP contribution in [-0.2, 0) is 14.8 Å². The van der Waals surface area contributed by atoms with Crippen molar-refractivity contribution in [3.63, 3.8) is 0 Å². The molecular weight excluding hydrogens is 454 g/mol. The highest BCUT2D eigenvalue weighted by Gasteiger charge is 2.30. The Morgan fingerprint density at radius 2 is 1.68 bits per heavy atom. The fourth-order valence-corrected chi connectivity index (χ4v) is 5.42. The summed E-state index contributed by atoms with van der Waals surface area (Å²) in [5.41, 5.74) is 2.48. The number of methoxy groups -OCH3 is 1. The molecule has 0 atom stereocenters. The van der Waals surface area contributed by atoms with Crippen molar-refractivity contribution < 1.29 is 22.7 Å². The Morgan fingerprint density at radius 1 is 1.00 bits per heavy atom. The lowest BCUT2D eigenvalue weighted by atomic mass is 10.1. The third kappa shape index (κ3) is 4.91. The zero-order valence-electron chi connectivity index (χ0n) is 19.1. The third-order valence-corrected chi connectivity index (χ3v) is 7.58. The van der Waals surface area contributed by atoms with Crippen LogP contribution >= 0.6 is 0 Å². The molecule has 0 bridgehead atoms. The molecule has 0 aromatic heterocycles. The van der Waals surface area contributed by atoms with E-state index in [4.69, 9.17) is 9.47 Å². The minimum Gasteiger partial charge on any atom is -0.495 e. The van der Waals surface area contributed by atoms with Gasteiger partial charge in [0.05, 0.1) is 31.6 Å². The van der Waals surface area contributed by atoms with E-state index in [2.05, 4.69) is 5.32 Å². The van der Waals surface area contributed by atoms with E-state index in [1.54, 1.807) is 24.3 Å². The van der Waals surface area contributed by atoms with Gasteiger partial charge in [-0.2, -0.15) is 4.31 Å². The third-order valence-electron chi connectivity index (χ3n) is 5.66. The largest absolute Gasteiger partial charge is 0.495 e. The van der Waals surface area contributed by atoms with Gasteiger partial charge in [0.25, 0.3) is 5.91 Å². The Kier molecular flexibility index (Phi) is 7.16. The molecule has 9 heteroatoms. The van der Waals surface area contributed by atoms with Gasteiger partial charge in [0.1, 0.15) is 10.6 Å². The normalized spacial score (nSPS) is 14.4. The Morgan fingerprint density at radius 3 is 2.38 bits per heavy atom. The molecule has 1 amide bonds. The second-order valence-corrected chi connectivity index (χ2v) is 9.65. The number of anilines is 3. The summed E-state index contributed by atoms with van der Waals surface area (Å²) in [5.74, 6) is -0.132. The lowest BCUT2D eigenvalue weighted by Crippen LogP contribution is -2.40. The summed E-state index contributed by atoms with van der Waals surface area (Å²) in [7, 11) is -0.508. The van der Waals surface area contributed by atoms with Gasteiger partial charge in [-0.15, -0.1) is 0 Å². The van der Waals surface area contributed by atoms with Gasteiger partial charge in [0.2, 0.25) is 10.0 Å². The predicted octanol–water partition coefficient (Wildman–Crippen LogP) is 3.74. The Labute approximate surface area is 199 Å². The van der Waals surface area contributed by atoms with Gasteiger partial charge in [-0.25, -0.2) is 8.42 Å². The van der Waals surface area contributed by atoms with Crippen molar-refractivity contribution in [2.75, 3.05) is 50.7 Å². The molecular formula is C25H27N3O5S. The Balaban J connectivity index is 1.63. The molecule has 34 heavy (non-hydrogen) atoms. The highest BCUT2D eigenvalue weighted by molar-refractivity contribution is 7.89. The van der Waals surface area contributed by atoms with E-state index >= 15 is 0 Å². The summed E-state index contributed by atoms with van der Waals surface area (Å²) in [5, 5.41) is 2.84. The fourth-order valence-electron chi connectivity index (χ4n) is 3.83. The molecule has 1 heterocycles. The van der Waals surface area contributed by atoms with Crippen molar-refractivity contribution in [2.24, 2.45) is 0 Å².